The molecule has 1 fully saturated rings. The lowest BCUT2D eigenvalue weighted by Crippen LogP contribution is -2.68. The molecule has 1 aromatic rings. The highest BCUT2D eigenvalue weighted by Gasteiger charge is 2.52. The van der Waals surface area contributed by atoms with Crippen LogP contribution in [0.1, 0.15) is 33.3 Å². The third-order valence-electron chi connectivity index (χ3n) is 4.66. The lowest BCUT2D eigenvalue weighted by Gasteiger charge is -2.48. The molecule has 0 radical (unpaired) electrons. The van der Waals surface area contributed by atoms with Crippen LogP contribution in [0.2, 0.25) is 0 Å². The third kappa shape index (κ3) is 7.66. The first-order valence-electron chi connectivity index (χ1n) is 10.7. The number of nitrogens with two attached hydrogens (primary N) is 1. The number of carbonyl (C=O) groups excluding carboxylic acids is 3. The van der Waals surface area contributed by atoms with Gasteiger partial charge in [0.1, 0.15) is 22.7 Å². The quantitative estimate of drug-likeness (QED) is 0.253. The lowest BCUT2D eigenvalue weighted by atomic mass is 10.0. The minimum Gasteiger partial charge on any atom is -0.463 e. The van der Waals surface area contributed by atoms with Crippen molar-refractivity contribution in [3.05, 3.63) is 53.3 Å². The van der Waals surface area contributed by atoms with Crippen LogP contribution in [0, 0.1) is 6.92 Å². The molecule has 192 valence electrons. The van der Waals surface area contributed by atoms with Crippen LogP contribution in [-0.2, 0) is 34.0 Å². The lowest BCUT2D eigenvalue weighted by molar-refractivity contribution is -0.157. The first-order chi connectivity index (χ1) is 16.2. The second-order valence-corrected chi connectivity index (χ2v) is 11.2. The van der Waals surface area contributed by atoms with Gasteiger partial charge in [-0.3, -0.25) is 14.2 Å². The van der Waals surface area contributed by atoms with Gasteiger partial charge in [-0.15, -0.1) is 11.8 Å². The molecule has 1 saturated heterocycles. The van der Waals surface area contributed by atoms with Crippen molar-refractivity contribution in [3.63, 3.8) is 0 Å². The Hall–Kier alpha value is -2.67. The van der Waals surface area contributed by atoms with E-state index in [2.05, 4.69) is 0 Å². The van der Waals surface area contributed by atoms with E-state index < -0.39 is 33.7 Å². The third-order valence-corrected chi connectivity index (χ3v) is 6.85. The number of amides is 1. The molecule has 1 aromatic carbocycles. The summed E-state index contributed by atoms with van der Waals surface area (Å²) in [6.07, 6.45) is 2.74. The molecule has 0 aromatic heterocycles. The van der Waals surface area contributed by atoms with Gasteiger partial charge in [0.2, 0.25) is 5.91 Å². The van der Waals surface area contributed by atoms with Crippen molar-refractivity contribution in [2.24, 2.45) is 5.73 Å². The van der Waals surface area contributed by atoms with E-state index in [1.54, 1.807) is 39.8 Å². The number of nitrogens with zero attached hydrogens (tertiary/aromatic N) is 1. The maximum Gasteiger partial charge on any atom is 0.355 e. The first kappa shape index (κ1) is 28.6. The Labute approximate surface area is 209 Å². The van der Waals surface area contributed by atoms with Gasteiger partial charge in [0.25, 0.3) is 10.1 Å². The van der Waals surface area contributed by atoms with Gasteiger partial charge in [-0.05, 0) is 58.4 Å². The van der Waals surface area contributed by atoms with Crippen LogP contribution >= 0.6 is 11.8 Å². The van der Waals surface area contributed by atoms with Crippen molar-refractivity contribution in [1.29, 1.82) is 0 Å². The molecule has 3 rings (SSSR count). The molecule has 2 aliphatic rings. The van der Waals surface area contributed by atoms with Gasteiger partial charge in [-0.25, -0.2) is 9.59 Å². The van der Waals surface area contributed by atoms with E-state index in [-0.39, 0.29) is 28.5 Å². The number of aryl methyl sites for hydroxylation is 1. The minimum absolute atomic E-state index is 0.0666. The van der Waals surface area contributed by atoms with Crippen LogP contribution in [0.3, 0.4) is 0 Å². The molecule has 0 bridgehead atoms. The van der Waals surface area contributed by atoms with Crippen molar-refractivity contribution in [1.82, 2.24) is 4.90 Å². The average Bonchev–Trinajstić information content (AvgIpc) is 2.75. The van der Waals surface area contributed by atoms with Crippen molar-refractivity contribution in [3.8, 4) is 0 Å². The largest absolute Gasteiger partial charge is 0.463 e. The van der Waals surface area contributed by atoms with Crippen molar-refractivity contribution in [2.45, 2.75) is 56.5 Å². The number of benzene rings is 1. The Kier molecular flexibility index (Phi) is 9.29. The van der Waals surface area contributed by atoms with Crippen LogP contribution < -0.4 is 5.73 Å². The second kappa shape index (κ2) is 11.4. The average molecular weight is 527 g/mol. The van der Waals surface area contributed by atoms with Crippen molar-refractivity contribution in [2.75, 3.05) is 12.4 Å². The second-order valence-electron chi connectivity index (χ2n) is 8.68. The number of ether oxygens (including phenoxy) is 2. The number of rotatable bonds is 5. The standard InChI is InChI=1S/C16H22N2O5S.C7H8O3S/c1-5-22-10(19)7-6-9-8-24-14-11(17)13(20)18(14)12(9)15(21)23-16(2,3)4;1-6-2-4-7(5-3-6)11(8,9)10/h6-7,11,14H,5,8,17H2,1-4H3;2-5H,1H3,(H,8,9,10)/t11?,14-;/m1./s1. The predicted octanol–water partition coefficient (Wildman–Crippen LogP) is 2.19. The Bertz CT molecular complexity index is 1140. The van der Waals surface area contributed by atoms with Crippen molar-refractivity contribution >= 4 is 39.7 Å². The summed E-state index contributed by atoms with van der Waals surface area (Å²) < 4.78 is 39.8. The van der Waals surface area contributed by atoms with E-state index >= 15 is 0 Å². The number of hydrogen-bond acceptors (Lipinski definition) is 9. The maximum atomic E-state index is 12.6. The molecule has 0 aliphatic carbocycles. The number of esters is 2. The van der Waals surface area contributed by atoms with Gasteiger partial charge in [0.05, 0.1) is 11.5 Å². The van der Waals surface area contributed by atoms with E-state index in [4.69, 9.17) is 19.8 Å². The smallest absolute Gasteiger partial charge is 0.355 e. The van der Waals surface area contributed by atoms with Crippen molar-refractivity contribution < 1.29 is 36.8 Å². The van der Waals surface area contributed by atoms with Gasteiger partial charge in [-0.1, -0.05) is 17.7 Å². The van der Waals surface area contributed by atoms with Crippen LogP contribution in [0.4, 0.5) is 0 Å². The Balaban J connectivity index is 0.000000328. The number of carbonyl (C=O) groups is 3. The highest BCUT2D eigenvalue weighted by atomic mass is 32.2. The number of thioether (sulfide) groups is 1. The Morgan fingerprint density at radius 1 is 1.26 bits per heavy atom. The molecular weight excluding hydrogens is 496 g/mol. The van der Waals surface area contributed by atoms with Crippen LogP contribution in [0.15, 0.2) is 52.6 Å². The molecule has 10 nitrogen and oxygen atoms in total. The number of fused-ring (bicyclic) bond motifs is 1. The fourth-order valence-corrected chi connectivity index (χ4v) is 4.80. The highest BCUT2D eigenvalue weighted by Crippen LogP contribution is 2.40. The van der Waals surface area contributed by atoms with Gasteiger partial charge < -0.3 is 15.2 Å². The van der Waals surface area contributed by atoms with Crippen LogP contribution in [0.25, 0.3) is 0 Å². The molecule has 2 atom stereocenters. The number of β-lactam (4-membered cyclic amide) rings is 1. The summed E-state index contributed by atoms with van der Waals surface area (Å²) in [7, 11) is -4.02. The van der Waals surface area contributed by atoms with Gasteiger partial charge in [0.15, 0.2) is 0 Å². The Morgan fingerprint density at radius 2 is 1.86 bits per heavy atom. The zero-order valence-corrected chi connectivity index (χ0v) is 21.8. The number of allylic oxidation sites excluding steroid dienone is 1. The molecule has 12 heteroatoms. The molecule has 2 aliphatic heterocycles. The summed E-state index contributed by atoms with van der Waals surface area (Å²) in [5, 5.41) is -0.278. The van der Waals surface area contributed by atoms with E-state index in [1.807, 2.05) is 6.92 Å². The molecule has 2 heterocycles. The zero-order chi connectivity index (χ0) is 26.6. The van der Waals surface area contributed by atoms with Crippen LogP contribution in [0.5, 0.6) is 0 Å². The summed E-state index contributed by atoms with van der Waals surface area (Å²) in [6.45, 7) is 9.05. The fraction of sp³-hybridized carbons (Fsp3) is 0.435. The molecule has 0 spiro atoms. The van der Waals surface area contributed by atoms with Gasteiger partial charge in [0, 0.05) is 11.8 Å². The summed E-state index contributed by atoms with van der Waals surface area (Å²) in [5.41, 5.74) is 6.75. The molecular formula is C23H30N2O8S2. The van der Waals surface area contributed by atoms with E-state index in [0.29, 0.717) is 11.3 Å². The summed E-state index contributed by atoms with van der Waals surface area (Å²) >= 11 is 1.45. The van der Waals surface area contributed by atoms with Crippen LogP contribution in [-0.4, -0.2) is 65.1 Å². The minimum atomic E-state index is -4.02. The molecule has 35 heavy (non-hydrogen) atoms. The predicted molar refractivity (Wildman–Crippen MR) is 131 cm³/mol. The molecule has 0 saturated carbocycles. The molecule has 3 N–H and O–H groups in total. The van der Waals surface area contributed by atoms with E-state index in [1.165, 1.54) is 40.9 Å². The fourth-order valence-electron chi connectivity index (χ4n) is 3.05. The summed E-state index contributed by atoms with van der Waals surface area (Å²) in [4.78, 5) is 37.5. The van der Waals surface area contributed by atoms with E-state index in [0.717, 1.165) is 5.56 Å². The monoisotopic (exact) mass is 526 g/mol. The highest BCUT2D eigenvalue weighted by molar-refractivity contribution is 8.00. The maximum absolute atomic E-state index is 12.6. The Morgan fingerprint density at radius 3 is 2.37 bits per heavy atom. The molecule has 1 amide bonds. The first-order valence-corrected chi connectivity index (χ1v) is 13.2. The van der Waals surface area contributed by atoms with Gasteiger partial charge in [-0.2, -0.15) is 8.42 Å². The number of hydrogen-bond donors (Lipinski definition) is 2. The summed E-state index contributed by atoms with van der Waals surface area (Å²) in [6, 6.07) is 5.37. The van der Waals surface area contributed by atoms with Gasteiger partial charge >= 0.3 is 11.9 Å². The SMILES string of the molecule is CCOC(=O)C=CC1=C(C(=O)OC(C)(C)C)N2C(=O)C(N)[C@H]2SC1.Cc1ccc(S(=O)(=O)O)cc1. The normalized spacial score (nSPS) is 20.0. The zero-order valence-electron chi connectivity index (χ0n) is 20.2. The summed E-state index contributed by atoms with van der Waals surface area (Å²) in [5.74, 6) is -0.981. The topological polar surface area (TPSA) is 153 Å². The molecule has 1 unspecified atom stereocenters. The van der Waals surface area contributed by atoms with E-state index in [9.17, 15) is 22.8 Å².